The quantitative estimate of drug-likeness (QED) is 0.513. The van der Waals surface area contributed by atoms with Crippen molar-refractivity contribution < 1.29 is 18.4 Å². The summed E-state index contributed by atoms with van der Waals surface area (Å²) < 4.78 is 28.1. The third kappa shape index (κ3) is 3.67. The number of hydrogen-bond acceptors (Lipinski definition) is 4. The predicted octanol–water partition coefficient (Wildman–Crippen LogP) is 3.19. The summed E-state index contributed by atoms with van der Waals surface area (Å²) in [7, 11) is -3.98. The molecule has 29 heavy (non-hydrogen) atoms. The molecule has 0 spiro atoms. The molecular formula is C22H20N2O4S. The molecule has 0 saturated heterocycles. The lowest BCUT2D eigenvalue weighted by Crippen LogP contribution is -2.50. The van der Waals surface area contributed by atoms with Crippen LogP contribution in [0.1, 0.15) is 12.0 Å². The Hall–Kier alpha value is -3.00. The molecule has 0 aromatic heterocycles. The summed E-state index contributed by atoms with van der Waals surface area (Å²) in [6.45, 7) is 0.0389. The van der Waals surface area contributed by atoms with E-state index in [1.54, 1.807) is 23.7 Å². The molecular weight excluding hydrogens is 388 g/mol. The molecule has 3 aromatic carbocycles. The zero-order chi connectivity index (χ0) is 20.4. The minimum Gasteiger partial charge on any atom is -0.289 e. The fraction of sp³-hybridized carbons (Fsp3) is 0.136. The molecule has 1 aliphatic rings. The van der Waals surface area contributed by atoms with Crippen molar-refractivity contribution in [3.8, 4) is 0 Å². The number of sulfonamides is 1. The molecule has 0 aliphatic carbocycles. The third-order valence-corrected chi connectivity index (χ3v) is 7.00. The van der Waals surface area contributed by atoms with E-state index in [1.165, 1.54) is 0 Å². The minimum atomic E-state index is -3.98. The lowest BCUT2D eigenvalue weighted by atomic mass is 9.99. The number of benzene rings is 3. The van der Waals surface area contributed by atoms with Gasteiger partial charge in [-0.3, -0.25) is 10.0 Å². The number of rotatable bonds is 4. The number of hydrogen-bond donors (Lipinski definition) is 2. The van der Waals surface area contributed by atoms with E-state index in [4.69, 9.17) is 5.21 Å². The molecule has 7 heteroatoms. The molecule has 0 bridgehead atoms. The van der Waals surface area contributed by atoms with Crippen molar-refractivity contribution in [2.75, 3.05) is 6.54 Å². The van der Waals surface area contributed by atoms with Crippen molar-refractivity contribution in [3.63, 3.8) is 0 Å². The average Bonchev–Trinajstić information content (AvgIpc) is 2.78. The van der Waals surface area contributed by atoms with Crippen LogP contribution in [0.25, 0.3) is 16.3 Å². The number of hydroxylamine groups is 1. The van der Waals surface area contributed by atoms with Gasteiger partial charge in [0.05, 0.1) is 4.90 Å². The summed E-state index contributed by atoms with van der Waals surface area (Å²) in [6.07, 6.45) is 2.02. The van der Waals surface area contributed by atoms with Crippen LogP contribution in [0.4, 0.5) is 0 Å². The Labute approximate surface area is 169 Å². The highest BCUT2D eigenvalue weighted by Gasteiger charge is 2.38. The van der Waals surface area contributed by atoms with Gasteiger partial charge in [0.15, 0.2) is 0 Å². The molecule has 6 nitrogen and oxygen atoms in total. The number of carbonyl (C=O) groups excluding carboxylic acids is 1. The smallest absolute Gasteiger partial charge is 0.262 e. The third-order valence-electron chi connectivity index (χ3n) is 5.15. The second-order valence-corrected chi connectivity index (χ2v) is 8.77. The molecule has 0 saturated carbocycles. The van der Waals surface area contributed by atoms with Crippen molar-refractivity contribution in [2.24, 2.45) is 0 Å². The first-order chi connectivity index (χ1) is 14.0. The van der Waals surface area contributed by atoms with Gasteiger partial charge in [-0.1, -0.05) is 66.7 Å². The van der Waals surface area contributed by atoms with Gasteiger partial charge in [0.25, 0.3) is 5.91 Å². The van der Waals surface area contributed by atoms with Gasteiger partial charge in [-0.2, -0.15) is 4.31 Å². The average molecular weight is 408 g/mol. The largest absolute Gasteiger partial charge is 0.289 e. The van der Waals surface area contributed by atoms with E-state index in [0.29, 0.717) is 0 Å². The van der Waals surface area contributed by atoms with Crippen molar-refractivity contribution >= 4 is 32.3 Å². The van der Waals surface area contributed by atoms with Crippen LogP contribution < -0.4 is 5.48 Å². The van der Waals surface area contributed by atoms with Crippen LogP contribution in [0.3, 0.4) is 0 Å². The Morgan fingerprint density at radius 1 is 0.966 bits per heavy atom. The number of carbonyl (C=O) groups is 1. The van der Waals surface area contributed by atoms with Crippen LogP contribution in [-0.4, -0.2) is 36.4 Å². The fourth-order valence-electron chi connectivity index (χ4n) is 3.60. The highest BCUT2D eigenvalue weighted by molar-refractivity contribution is 7.89. The van der Waals surface area contributed by atoms with Crippen LogP contribution in [-0.2, 0) is 14.8 Å². The van der Waals surface area contributed by atoms with Crippen molar-refractivity contribution in [2.45, 2.75) is 17.4 Å². The van der Waals surface area contributed by atoms with Crippen LogP contribution >= 0.6 is 0 Å². The topological polar surface area (TPSA) is 86.7 Å². The lowest BCUT2D eigenvalue weighted by Gasteiger charge is -2.33. The maximum atomic E-state index is 13.5. The monoisotopic (exact) mass is 408 g/mol. The van der Waals surface area contributed by atoms with Crippen LogP contribution in [0.15, 0.2) is 83.8 Å². The summed E-state index contributed by atoms with van der Waals surface area (Å²) in [6, 6.07) is 20.8. The maximum Gasteiger partial charge on any atom is 0.262 e. The molecule has 1 heterocycles. The first kappa shape index (κ1) is 19.3. The van der Waals surface area contributed by atoms with Crippen LogP contribution in [0.2, 0.25) is 0 Å². The maximum absolute atomic E-state index is 13.5. The summed E-state index contributed by atoms with van der Waals surface area (Å²) in [4.78, 5) is 12.3. The van der Waals surface area contributed by atoms with Gasteiger partial charge in [-0.15, -0.1) is 0 Å². The van der Waals surface area contributed by atoms with E-state index >= 15 is 0 Å². The van der Waals surface area contributed by atoms with Gasteiger partial charge in [0.1, 0.15) is 6.04 Å². The molecule has 4 rings (SSSR count). The van der Waals surface area contributed by atoms with E-state index in [0.717, 1.165) is 26.2 Å². The second kappa shape index (κ2) is 7.79. The molecule has 0 radical (unpaired) electrons. The van der Waals surface area contributed by atoms with Gasteiger partial charge >= 0.3 is 0 Å². The Bertz CT molecular complexity index is 1190. The van der Waals surface area contributed by atoms with Gasteiger partial charge in [-0.25, -0.2) is 13.9 Å². The zero-order valence-electron chi connectivity index (χ0n) is 15.5. The predicted molar refractivity (Wildman–Crippen MR) is 111 cm³/mol. The van der Waals surface area contributed by atoms with Crippen LogP contribution in [0.5, 0.6) is 0 Å². The van der Waals surface area contributed by atoms with E-state index in [1.807, 2.05) is 60.7 Å². The van der Waals surface area contributed by atoms with Gasteiger partial charge in [0.2, 0.25) is 10.0 Å². The molecule has 1 atom stereocenters. The molecule has 2 N–H and O–H groups in total. The SMILES string of the molecule is O=C(NO)C1CC=C(c2ccccc2)CN1S(=O)(=O)c1ccc2ccccc2c1. The molecule has 1 aliphatic heterocycles. The second-order valence-electron chi connectivity index (χ2n) is 6.88. The minimum absolute atomic E-state index is 0.0389. The Morgan fingerprint density at radius 3 is 2.38 bits per heavy atom. The number of amides is 1. The van der Waals surface area contributed by atoms with Gasteiger partial charge in [0, 0.05) is 6.54 Å². The Morgan fingerprint density at radius 2 is 1.66 bits per heavy atom. The first-order valence-corrected chi connectivity index (χ1v) is 10.6. The molecule has 1 amide bonds. The molecule has 0 fully saturated rings. The summed E-state index contributed by atoms with van der Waals surface area (Å²) in [5, 5.41) is 10.9. The highest BCUT2D eigenvalue weighted by Crippen LogP contribution is 2.30. The number of fused-ring (bicyclic) bond motifs is 1. The summed E-state index contributed by atoms with van der Waals surface area (Å²) >= 11 is 0. The first-order valence-electron chi connectivity index (χ1n) is 9.20. The molecule has 148 valence electrons. The fourth-order valence-corrected chi connectivity index (χ4v) is 5.22. The van der Waals surface area contributed by atoms with Crippen molar-refractivity contribution in [3.05, 3.63) is 84.4 Å². The standard InChI is InChI=1S/C22H20N2O4S/c25-22(23-26)21-13-11-19(16-6-2-1-3-7-16)15-24(21)29(27,28)20-12-10-17-8-4-5-9-18(17)14-20/h1-12,14,21,26H,13,15H2,(H,23,25). The number of nitrogens with one attached hydrogen (secondary N) is 1. The Balaban J connectivity index is 1.77. The molecule has 1 unspecified atom stereocenters. The number of nitrogens with zero attached hydrogens (tertiary/aromatic N) is 1. The highest BCUT2D eigenvalue weighted by atomic mass is 32.2. The van der Waals surface area contributed by atoms with Crippen molar-refractivity contribution in [1.82, 2.24) is 9.79 Å². The van der Waals surface area contributed by atoms with E-state index in [-0.39, 0.29) is 17.9 Å². The summed E-state index contributed by atoms with van der Waals surface area (Å²) in [5.41, 5.74) is 3.31. The molecule has 3 aromatic rings. The normalized spacial score (nSPS) is 17.7. The van der Waals surface area contributed by atoms with E-state index in [9.17, 15) is 13.2 Å². The van der Waals surface area contributed by atoms with E-state index < -0.39 is 22.0 Å². The summed E-state index contributed by atoms with van der Waals surface area (Å²) in [5.74, 6) is -0.752. The zero-order valence-corrected chi connectivity index (χ0v) is 16.3. The van der Waals surface area contributed by atoms with Gasteiger partial charge in [-0.05, 0) is 40.5 Å². The van der Waals surface area contributed by atoms with E-state index in [2.05, 4.69) is 0 Å². The lowest BCUT2D eigenvalue weighted by molar-refractivity contribution is -0.133. The Kier molecular flexibility index (Phi) is 5.19. The van der Waals surface area contributed by atoms with Crippen LogP contribution in [0, 0.1) is 0 Å². The van der Waals surface area contributed by atoms with Crippen molar-refractivity contribution in [1.29, 1.82) is 0 Å². The van der Waals surface area contributed by atoms with Gasteiger partial charge < -0.3 is 0 Å².